The van der Waals surface area contributed by atoms with E-state index in [4.69, 9.17) is 11.1 Å². The second kappa shape index (κ2) is 4.30. The van der Waals surface area contributed by atoms with Crippen molar-refractivity contribution >= 4 is 11.5 Å². The first-order valence-corrected chi connectivity index (χ1v) is 6.84. The van der Waals surface area contributed by atoms with Gasteiger partial charge in [0.15, 0.2) is 0 Å². The van der Waals surface area contributed by atoms with Crippen molar-refractivity contribution < 1.29 is 0 Å². The minimum absolute atomic E-state index is 0.302. The van der Waals surface area contributed by atoms with Crippen LogP contribution in [0.1, 0.15) is 31.2 Å². The van der Waals surface area contributed by atoms with E-state index in [0.29, 0.717) is 11.3 Å². The Morgan fingerprint density at radius 3 is 2.83 bits per heavy atom. The third-order valence-electron chi connectivity index (χ3n) is 4.26. The summed E-state index contributed by atoms with van der Waals surface area (Å²) in [6.45, 7) is 2.22. The van der Waals surface area contributed by atoms with Crippen molar-refractivity contribution in [1.29, 1.82) is 5.41 Å². The van der Waals surface area contributed by atoms with E-state index in [2.05, 4.69) is 29.2 Å². The van der Waals surface area contributed by atoms with Gasteiger partial charge in [-0.3, -0.25) is 5.41 Å². The summed E-state index contributed by atoms with van der Waals surface area (Å²) in [7, 11) is 0. The molecule has 1 aliphatic carbocycles. The Morgan fingerprint density at radius 2 is 2.11 bits per heavy atom. The van der Waals surface area contributed by atoms with Crippen molar-refractivity contribution in [3.05, 3.63) is 29.8 Å². The molecular weight excluding hydrogens is 222 g/mol. The number of hydrogen-bond donors (Lipinski definition) is 2. The Morgan fingerprint density at radius 1 is 1.33 bits per heavy atom. The average Bonchev–Trinajstić information content (AvgIpc) is 3.08. The lowest BCUT2D eigenvalue weighted by molar-refractivity contribution is 0.503. The van der Waals surface area contributed by atoms with Crippen LogP contribution >= 0.6 is 0 Å². The van der Waals surface area contributed by atoms with Gasteiger partial charge in [0.1, 0.15) is 0 Å². The maximum Gasteiger partial charge on any atom is 0.0911 e. The second-order valence-electron chi connectivity index (χ2n) is 5.86. The Hall–Kier alpha value is -1.51. The van der Waals surface area contributed by atoms with Crippen LogP contribution in [0.3, 0.4) is 0 Å². The normalized spacial score (nSPS) is 20.3. The standard InChI is InChI=1S/C15H21N3/c16-14(17)10-15(7-8-15)11-18-9-3-5-12-4-1-2-6-13(12)18/h1-2,4,6H,3,5,7-11H2,(H3,16,17). The SMILES string of the molecule is N=C(N)CC1(CN2CCCc3ccccc32)CC1. The molecule has 1 aromatic carbocycles. The number of nitrogens with zero attached hydrogens (tertiary/aromatic N) is 1. The molecule has 0 aromatic heterocycles. The lowest BCUT2D eigenvalue weighted by Crippen LogP contribution is -2.36. The molecule has 0 atom stereocenters. The molecule has 3 nitrogen and oxygen atoms in total. The number of nitrogens with one attached hydrogen (secondary N) is 1. The van der Waals surface area contributed by atoms with Gasteiger partial charge < -0.3 is 10.6 Å². The van der Waals surface area contributed by atoms with Gasteiger partial charge in [0.2, 0.25) is 0 Å². The van der Waals surface area contributed by atoms with Crippen LogP contribution in [0.4, 0.5) is 5.69 Å². The Bertz CT molecular complexity index is 463. The topological polar surface area (TPSA) is 53.1 Å². The zero-order valence-corrected chi connectivity index (χ0v) is 10.8. The van der Waals surface area contributed by atoms with E-state index in [1.165, 1.54) is 36.9 Å². The molecule has 3 N–H and O–H groups in total. The van der Waals surface area contributed by atoms with E-state index in [1.54, 1.807) is 0 Å². The van der Waals surface area contributed by atoms with Gasteiger partial charge in [-0.2, -0.15) is 0 Å². The van der Waals surface area contributed by atoms with Crippen molar-refractivity contribution in [2.45, 2.75) is 32.1 Å². The van der Waals surface area contributed by atoms with Gasteiger partial charge in [0.05, 0.1) is 5.84 Å². The highest BCUT2D eigenvalue weighted by atomic mass is 15.1. The predicted molar refractivity (Wildman–Crippen MR) is 75.2 cm³/mol. The largest absolute Gasteiger partial charge is 0.388 e. The Kier molecular flexibility index (Phi) is 2.77. The minimum Gasteiger partial charge on any atom is -0.388 e. The molecule has 96 valence electrons. The lowest BCUT2D eigenvalue weighted by Gasteiger charge is -2.34. The van der Waals surface area contributed by atoms with E-state index in [9.17, 15) is 0 Å². The number of benzene rings is 1. The van der Waals surface area contributed by atoms with Crippen LogP contribution in [-0.4, -0.2) is 18.9 Å². The van der Waals surface area contributed by atoms with Crippen LogP contribution in [0.15, 0.2) is 24.3 Å². The number of fused-ring (bicyclic) bond motifs is 1. The molecule has 2 aliphatic rings. The fourth-order valence-corrected chi connectivity index (χ4v) is 3.15. The monoisotopic (exact) mass is 243 g/mol. The van der Waals surface area contributed by atoms with E-state index in [1.807, 2.05) is 0 Å². The van der Waals surface area contributed by atoms with Crippen molar-refractivity contribution in [3.63, 3.8) is 0 Å². The molecule has 18 heavy (non-hydrogen) atoms. The molecule has 3 heteroatoms. The van der Waals surface area contributed by atoms with E-state index >= 15 is 0 Å². The highest BCUT2D eigenvalue weighted by Crippen LogP contribution is 2.50. The summed E-state index contributed by atoms with van der Waals surface area (Å²) in [5.41, 5.74) is 8.76. The quantitative estimate of drug-likeness (QED) is 0.630. The number of amidine groups is 1. The van der Waals surface area contributed by atoms with Gasteiger partial charge in [0, 0.05) is 25.2 Å². The molecule has 0 saturated heterocycles. The van der Waals surface area contributed by atoms with Gasteiger partial charge in [-0.05, 0) is 42.7 Å². The number of rotatable bonds is 4. The molecule has 1 aromatic rings. The second-order valence-corrected chi connectivity index (χ2v) is 5.86. The lowest BCUT2D eigenvalue weighted by atomic mass is 9.96. The summed E-state index contributed by atoms with van der Waals surface area (Å²) in [4.78, 5) is 2.51. The summed E-state index contributed by atoms with van der Waals surface area (Å²) < 4.78 is 0. The van der Waals surface area contributed by atoms with Gasteiger partial charge in [0.25, 0.3) is 0 Å². The number of nitrogens with two attached hydrogens (primary N) is 1. The fraction of sp³-hybridized carbons (Fsp3) is 0.533. The van der Waals surface area contributed by atoms with Gasteiger partial charge in [-0.1, -0.05) is 18.2 Å². The molecular formula is C15H21N3. The van der Waals surface area contributed by atoms with Crippen LogP contribution in [0.2, 0.25) is 0 Å². The summed E-state index contributed by atoms with van der Waals surface area (Å²) in [6, 6.07) is 8.73. The first kappa shape index (κ1) is 11.6. The number of hydrogen-bond acceptors (Lipinski definition) is 2. The van der Waals surface area contributed by atoms with Gasteiger partial charge >= 0.3 is 0 Å². The van der Waals surface area contributed by atoms with Crippen LogP contribution in [-0.2, 0) is 6.42 Å². The van der Waals surface area contributed by atoms with Crippen LogP contribution in [0, 0.1) is 10.8 Å². The third-order valence-corrected chi connectivity index (χ3v) is 4.26. The zero-order valence-electron chi connectivity index (χ0n) is 10.8. The average molecular weight is 243 g/mol. The molecule has 0 bridgehead atoms. The summed E-state index contributed by atoms with van der Waals surface area (Å²) in [5, 5.41) is 7.51. The van der Waals surface area contributed by atoms with Crippen molar-refractivity contribution in [2.24, 2.45) is 11.1 Å². The summed E-state index contributed by atoms with van der Waals surface area (Å²) in [6.07, 6.45) is 5.67. The smallest absolute Gasteiger partial charge is 0.0911 e. The molecule has 1 saturated carbocycles. The third kappa shape index (κ3) is 2.22. The summed E-state index contributed by atoms with van der Waals surface area (Å²) >= 11 is 0. The predicted octanol–water partition coefficient (Wildman–Crippen LogP) is 2.55. The van der Waals surface area contributed by atoms with E-state index in [-0.39, 0.29) is 0 Å². The Labute approximate surface area is 108 Å². The van der Waals surface area contributed by atoms with Gasteiger partial charge in [-0.15, -0.1) is 0 Å². The molecule has 1 heterocycles. The fourth-order valence-electron chi connectivity index (χ4n) is 3.15. The van der Waals surface area contributed by atoms with Gasteiger partial charge in [-0.25, -0.2) is 0 Å². The number of aryl methyl sites for hydroxylation is 1. The minimum atomic E-state index is 0.302. The zero-order chi connectivity index (χ0) is 12.6. The maximum atomic E-state index is 7.51. The Balaban J connectivity index is 1.77. The van der Waals surface area contributed by atoms with Crippen molar-refractivity contribution in [3.8, 4) is 0 Å². The highest BCUT2D eigenvalue weighted by molar-refractivity contribution is 5.78. The first-order chi connectivity index (χ1) is 8.69. The van der Waals surface area contributed by atoms with E-state index in [0.717, 1.165) is 19.5 Å². The first-order valence-electron chi connectivity index (χ1n) is 6.84. The van der Waals surface area contributed by atoms with Crippen molar-refractivity contribution in [1.82, 2.24) is 0 Å². The maximum absolute atomic E-state index is 7.51. The molecule has 0 radical (unpaired) electrons. The number of para-hydroxylation sites is 1. The molecule has 1 aliphatic heterocycles. The molecule has 3 rings (SSSR count). The molecule has 0 unspecified atom stereocenters. The molecule has 1 fully saturated rings. The molecule has 0 amide bonds. The highest BCUT2D eigenvalue weighted by Gasteiger charge is 2.44. The van der Waals surface area contributed by atoms with Crippen molar-refractivity contribution in [2.75, 3.05) is 18.0 Å². The van der Waals surface area contributed by atoms with Crippen LogP contribution in [0.5, 0.6) is 0 Å². The van der Waals surface area contributed by atoms with Crippen LogP contribution < -0.4 is 10.6 Å². The van der Waals surface area contributed by atoms with E-state index < -0.39 is 0 Å². The van der Waals surface area contributed by atoms with Crippen LogP contribution in [0.25, 0.3) is 0 Å². The molecule has 0 spiro atoms. The summed E-state index contributed by atoms with van der Waals surface area (Å²) in [5.74, 6) is 0.345. The number of anilines is 1.